The van der Waals surface area contributed by atoms with Crippen LogP contribution < -0.4 is 15.4 Å². The number of ether oxygens (including phenoxy) is 1. The van der Waals surface area contributed by atoms with Crippen LogP contribution in [-0.2, 0) is 11.0 Å². The molecule has 2 aromatic heterocycles. The first-order valence-corrected chi connectivity index (χ1v) is 10.4. The number of benzene rings is 1. The minimum Gasteiger partial charge on any atom is -0.467 e. The van der Waals surface area contributed by atoms with E-state index in [2.05, 4.69) is 25.8 Å². The van der Waals surface area contributed by atoms with E-state index in [4.69, 9.17) is 10.1 Å². The summed E-state index contributed by atoms with van der Waals surface area (Å²) in [6.07, 6.45) is -4.78. The molecule has 0 radical (unpaired) electrons. The van der Waals surface area contributed by atoms with Gasteiger partial charge in [0.1, 0.15) is 5.82 Å². The predicted octanol–water partition coefficient (Wildman–Crippen LogP) is 4.15. The number of carbonyl (C=O) groups is 1. The fraction of sp³-hybridized carbons (Fsp3) is 0.304. The van der Waals surface area contributed by atoms with Gasteiger partial charge in [0.05, 0.1) is 28.6 Å². The summed E-state index contributed by atoms with van der Waals surface area (Å²) in [6, 6.07) is 8.38. The van der Waals surface area contributed by atoms with Crippen LogP contribution in [0.5, 0.6) is 5.88 Å². The minimum atomic E-state index is -4.78. The van der Waals surface area contributed by atoms with Crippen molar-refractivity contribution in [2.75, 3.05) is 19.0 Å². The summed E-state index contributed by atoms with van der Waals surface area (Å²) >= 11 is 0. The third kappa shape index (κ3) is 5.36. The molecule has 0 bridgehead atoms. The highest BCUT2D eigenvalue weighted by molar-refractivity contribution is 6.14. The number of rotatable bonds is 8. The first-order chi connectivity index (χ1) is 16.0. The Kier molecular flexibility index (Phi) is 7.23. The van der Waals surface area contributed by atoms with Gasteiger partial charge in [0.2, 0.25) is 5.88 Å². The highest BCUT2D eigenvalue weighted by Gasteiger charge is 2.37. The van der Waals surface area contributed by atoms with Crippen molar-refractivity contribution in [2.24, 2.45) is 0 Å². The van der Waals surface area contributed by atoms with Crippen molar-refractivity contribution in [1.82, 2.24) is 20.5 Å². The lowest BCUT2D eigenvalue weighted by Crippen LogP contribution is -2.32. The molecule has 0 saturated heterocycles. The largest absolute Gasteiger partial charge is 0.467 e. The molecule has 0 aliphatic carbocycles. The summed E-state index contributed by atoms with van der Waals surface area (Å²) < 4.78 is 47.1. The van der Waals surface area contributed by atoms with E-state index in [1.54, 1.807) is 44.2 Å². The number of hydrogen-bond donors (Lipinski definition) is 4. The number of amides is 1. The second-order valence-corrected chi connectivity index (χ2v) is 7.65. The van der Waals surface area contributed by atoms with Gasteiger partial charge in [-0.15, -0.1) is 0 Å². The Hall–Kier alpha value is -3.89. The summed E-state index contributed by atoms with van der Waals surface area (Å²) in [5.74, 6) is -1.10. The van der Waals surface area contributed by atoms with Gasteiger partial charge in [-0.05, 0) is 20.8 Å². The summed E-state index contributed by atoms with van der Waals surface area (Å²) in [4.78, 5) is 16.4. The lowest BCUT2D eigenvalue weighted by atomic mass is 9.98. The molecule has 0 unspecified atom stereocenters. The van der Waals surface area contributed by atoms with Crippen LogP contribution in [0.2, 0.25) is 0 Å². The number of aromatic nitrogens is 3. The van der Waals surface area contributed by atoms with Crippen molar-refractivity contribution in [3.05, 3.63) is 70.0 Å². The van der Waals surface area contributed by atoms with Gasteiger partial charge >= 0.3 is 6.18 Å². The van der Waals surface area contributed by atoms with Gasteiger partial charge in [0.25, 0.3) is 5.91 Å². The van der Waals surface area contributed by atoms with E-state index in [0.717, 1.165) is 17.0 Å². The van der Waals surface area contributed by atoms with Crippen molar-refractivity contribution in [2.45, 2.75) is 33.0 Å². The first-order valence-electron chi connectivity index (χ1n) is 10.4. The molecule has 4 N–H and O–H groups in total. The number of aryl methyl sites for hydroxylation is 2. The van der Waals surface area contributed by atoms with Crippen molar-refractivity contribution >= 4 is 17.4 Å². The molecule has 0 aliphatic heterocycles. The maximum absolute atomic E-state index is 13.9. The Bertz CT molecular complexity index is 1170. The van der Waals surface area contributed by atoms with Crippen molar-refractivity contribution in [1.29, 1.82) is 5.41 Å². The highest BCUT2D eigenvalue weighted by Crippen LogP contribution is 2.37. The van der Waals surface area contributed by atoms with Gasteiger partial charge in [-0.1, -0.05) is 30.3 Å². The molecule has 0 aliphatic rings. The molecule has 0 saturated carbocycles. The van der Waals surface area contributed by atoms with E-state index in [-0.39, 0.29) is 23.5 Å². The van der Waals surface area contributed by atoms with Gasteiger partial charge in [-0.25, -0.2) is 0 Å². The Labute approximate surface area is 194 Å². The molecule has 2 heterocycles. The monoisotopic (exact) mass is 474 g/mol. The number of anilines is 1. The lowest BCUT2D eigenvalue weighted by Gasteiger charge is -2.19. The predicted molar refractivity (Wildman–Crippen MR) is 121 cm³/mol. The zero-order chi connectivity index (χ0) is 25.0. The molecule has 11 heteroatoms. The Balaban J connectivity index is 1.84. The molecule has 8 nitrogen and oxygen atoms in total. The van der Waals surface area contributed by atoms with Crippen LogP contribution in [0.3, 0.4) is 0 Å². The number of carbonyl (C=O) groups excluding carboxylic acids is 1. The number of nitrogens with zero attached hydrogens (tertiary/aromatic N) is 2. The normalized spacial score (nSPS) is 12.2. The smallest absolute Gasteiger partial charge is 0.417 e. The van der Waals surface area contributed by atoms with E-state index in [1.165, 1.54) is 7.05 Å². The van der Waals surface area contributed by atoms with Crippen molar-refractivity contribution in [3.8, 4) is 5.88 Å². The number of alkyl halides is 3. The molecule has 1 amide bonds. The quantitative estimate of drug-likeness (QED) is 0.366. The van der Waals surface area contributed by atoms with Gasteiger partial charge in [0.15, 0.2) is 6.61 Å². The Morgan fingerprint density at radius 2 is 1.91 bits per heavy atom. The van der Waals surface area contributed by atoms with Crippen molar-refractivity contribution in [3.63, 3.8) is 0 Å². The Morgan fingerprint density at radius 3 is 2.47 bits per heavy atom. The SMILES string of the molecule is CNc1nc(OCC(=O)N[C@H](C)c2c(C)n[nH]c2C)cc(C(F)(F)F)c1C(=N)c1ccccc1. The molecule has 1 atom stereocenters. The maximum atomic E-state index is 13.9. The van der Waals surface area contributed by atoms with Crippen molar-refractivity contribution < 1.29 is 22.7 Å². The molecule has 34 heavy (non-hydrogen) atoms. The number of nitrogens with one attached hydrogen (secondary N) is 4. The molecule has 0 spiro atoms. The van der Waals surface area contributed by atoms with E-state index in [1.807, 2.05) is 6.92 Å². The van der Waals surface area contributed by atoms with Crippen LogP contribution in [-0.4, -0.2) is 40.5 Å². The zero-order valence-electron chi connectivity index (χ0n) is 19.1. The zero-order valence-corrected chi connectivity index (χ0v) is 19.1. The van der Waals surface area contributed by atoms with Crippen LogP contribution in [0.4, 0.5) is 19.0 Å². The third-order valence-corrected chi connectivity index (χ3v) is 5.20. The number of H-pyrrole nitrogens is 1. The van der Waals surface area contributed by atoms with Gasteiger partial charge in [-0.2, -0.15) is 23.3 Å². The second kappa shape index (κ2) is 9.94. The number of halogens is 3. The van der Waals surface area contributed by atoms with E-state index in [9.17, 15) is 18.0 Å². The van der Waals surface area contributed by atoms with Gasteiger partial charge in [0, 0.05) is 29.9 Å². The Morgan fingerprint density at radius 1 is 1.24 bits per heavy atom. The average molecular weight is 474 g/mol. The molecular formula is C23H25F3N6O2. The van der Waals surface area contributed by atoms with Gasteiger partial charge < -0.3 is 15.4 Å². The standard InChI is InChI=1S/C23H25F3N6O2/c1-12(19-13(2)31-32-14(19)3)29-17(33)11-34-18-10-16(23(24,25)26)20(22(28-4)30-18)21(27)15-8-6-5-7-9-15/h5-10,12,27H,11H2,1-4H3,(H,28,30)(H,29,33)(H,31,32)/t12-/m1/s1. The summed E-state index contributed by atoms with van der Waals surface area (Å²) in [5, 5.41) is 20.6. The third-order valence-electron chi connectivity index (χ3n) is 5.20. The lowest BCUT2D eigenvalue weighted by molar-refractivity contribution is -0.137. The number of pyridine rings is 1. The summed E-state index contributed by atoms with van der Waals surface area (Å²) in [6.45, 7) is 4.86. The average Bonchev–Trinajstić information content (AvgIpc) is 3.14. The fourth-order valence-corrected chi connectivity index (χ4v) is 3.69. The van der Waals surface area contributed by atoms with Crippen LogP contribution in [0.15, 0.2) is 36.4 Å². The molecular weight excluding hydrogens is 449 g/mol. The number of aromatic amines is 1. The van der Waals surface area contributed by atoms with E-state index < -0.39 is 29.8 Å². The highest BCUT2D eigenvalue weighted by atomic mass is 19.4. The summed E-state index contributed by atoms with van der Waals surface area (Å²) in [7, 11) is 1.40. The van der Waals surface area contributed by atoms with Gasteiger partial charge in [-0.3, -0.25) is 15.3 Å². The number of hydrogen-bond acceptors (Lipinski definition) is 6. The van der Waals surface area contributed by atoms with E-state index >= 15 is 0 Å². The second-order valence-electron chi connectivity index (χ2n) is 7.65. The van der Waals surface area contributed by atoms with Crippen LogP contribution >= 0.6 is 0 Å². The maximum Gasteiger partial charge on any atom is 0.417 e. The molecule has 180 valence electrons. The molecule has 3 aromatic rings. The summed E-state index contributed by atoms with van der Waals surface area (Å²) in [5.41, 5.74) is 0.835. The molecule has 3 rings (SSSR count). The van der Waals surface area contributed by atoms with Crippen LogP contribution in [0.1, 0.15) is 46.6 Å². The van der Waals surface area contributed by atoms with E-state index in [0.29, 0.717) is 11.6 Å². The van der Waals surface area contributed by atoms with Crippen LogP contribution in [0, 0.1) is 19.3 Å². The molecule has 1 aromatic carbocycles. The minimum absolute atomic E-state index is 0.183. The van der Waals surface area contributed by atoms with Crippen LogP contribution in [0.25, 0.3) is 0 Å². The molecule has 0 fully saturated rings. The fourth-order valence-electron chi connectivity index (χ4n) is 3.69. The topological polar surface area (TPSA) is 116 Å². The first kappa shape index (κ1) is 24.7.